The van der Waals surface area contributed by atoms with E-state index in [1.807, 2.05) is 23.9 Å². The van der Waals surface area contributed by atoms with Crippen molar-refractivity contribution in [1.82, 2.24) is 14.8 Å². The molecule has 5 heteroatoms. The molecule has 0 amide bonds. The van der Waals surface area contributed by atoms with Crippen molar-refractivity contribution >= 4 is 11.3 Å². The molecule has 0 spiro atoms. The topological polar surface area (TPSA) is 56.7 Å². The minimum absolute atomic E-state index is 0.159. The van der Waals surface area contributed by atoms with Crippen LogP contribution in [0.4, 0.5) is 0 Å². The van der Waals surface area contributed by atoms with Gasteiger partial charge in [-0.15, -0.1) is 11.3 Å². The van der Waals surface area contributed by atoms with Gasteiger partial charge in [-0.2, -0.15) is 5.10 Å². The number of nitrogens with zero attached hydrogens (tertiary/aromatic N) is 3. The molecule has 86 valence electrons. The first-order valence-electron chi connectivity index (χ1n) is 5.30. The van der Waals surface area contributed by atoms with Crippen molar-refractivity contribution < 1.29 is 0 Å². The molecular weight excluding hydrogens is 220 g/mol. The van der Waals surface area contributed by atoms with Gasteiger partial charge in [0.25, 0.3) is 0 Å². The minimum Gasteiger partial charge on any atom is -0.328 e. The first kappa shape index (κ1) is 11.3. The largest absolute Gasteiger partial charge is 0.328 e. The van der Waals surface area contributed by atoms with Crippen molar-refractivity contribution in [3.05, 3.63) is 28.5 Å². The molecule has 2 aromatic heterocycles. The Kier molecular flexibility index (Phi) is 3.07. The van der Waals surface area contributed by atoms with Crippen molar-refractivity contribution in [2.45, 2.75) is 33.2 Å². The number of aromatic nitrogens is 3. The third-order valence-electron chi connectivity index (χ3n) is 2.57. The molecule has 0 radical (unpaired) electrons. The van der Waals surface area contributed by atoms with E-state index in [2.05, 4.69) is 17.0 Å². The summed E-state index contributed by atoms with van der Waals surface area (Å²) in [5, 5.41) is 7.38. The zero-order chi connectivity index (χ0) is 11.7. The molecule has 1 unspecified atom stereocenters. The maximum Gasteiger partial charge on any atom is 0.210 e. The molecule has 0 saturated carbocycles. The molecule has 0 aromatic carbocycles. The molecule has 2 aromatic rings. The van der Waals surface area contributed by atoms with Crippen LogP contribution in [-0.2, 0) is 6.42 Å². The summed E-state index contributed by atoms with van der Waals surface area (Å²) in [5.74, 6) is 0. The summed E-state index contributed by atoms with van der Waals surface area (Å²) in [5.41, 5.74) is 9.27. The number of aryl methyl sites for hydroxylation is 1. The van der Waals surface area contributed by atoms with E-state index < -0.39 is 0 Å². The second kappa shape index (κ2) is 4.35. The predicted molar refractivity (Wildman–Crippen MR) is 66.1 cm³/mol. The Balaban J connectivity index is 2.43. The Morgan fingerprint density at radius 3 is 2.81 bits per heavy atom. The van der Waals surface area contributed by atoms with E-state index in [0.29, 0.717) is 0 Å². The van der Waals surface area contributed by atoms with Crippen LogP contribution >= 0.6 is 11.3 Å². The van der Waals surface area contributed by atoms with E-state index in [0.717, 1.165) is 22.9 Å². The van der Waals surface area contributed by atoms with Crippen LogP contribution in [0.15, 0.2) is 11.6 Å². The van der Waals surface area contributed by atoms with Crippen LogP contribution in [-0.4, -0.2) is 20.8 Å². The molecule has 0 fully saturated rings. The zero-order valence-electron chi connectivity index (χ0n) is 9.77. The highest BCUT2D eigenvalue weighted by atomic mass is 32.1. The summed E-state index contributed by atoms with van der Waals surface area (Å²) >= 11 is 1.59. The van der Waals surface area contributed by atoms with E-state index in [1.165, 1.54) is 5.56 Å². The van der Waals surface area contributed by atoms with Gasteiger partial charge >= 0.3 is 0 Å². The van der Waals surface area contributed by atoms with E-state index in [-0.39, 0.29) is 6.04 Å². The van der Waals surface area contributed by atoms with Crippen LogP contribution in [0.1, 0.15) is 23.9 Å². The summed E-state index contributed by atoms with van der Waals surface area (Å²) in [6.45, 7) is 6.10. The lowest BCUT2D eigenvalue weighted by atomic mass is 10.1. The van der Waals surface area contributed by atoms with Gasteiger partial charge in [-0.05, 0) is 32.8 Å². The molecule has 1 atom stereocenters. The Morgan fingerprint density at radius 2 is 2.25 bits per heavy atom. The summed E-state index contributed by atoms with van der Waals surface area (Å²) in [6, 6.07) is 0.159. The number of nitrogens with two attached hydrogens (primary N) is 1. The van der Waals surface area contributed by atoms with Crippen LogP contribution < -0.4 is 5.73 Å². The molecule has 0 bridgehead atoms. The molecule has 0 aliphatic rings. The lowest BCUT2D eigenvalue weighted by Crippen LogP contribution is -2.18. The highest BCUT2D eigenvalue weighted by Gasteiger charge is 2.14. The van der Waals surface area contributed by atoms with Crippen molar-refractivity contribution in [3.8, 4) is 5.13 Å². The number of rotatable bonds is 3. The van der Waals surface area contributed by atoms with Gasteiger partial charge in [-0.1, -0.05) is 0 Å². The quantitative estimate of drug-likeness (QED) is 0.884. The van der Waals surface area contributed by atoms with E-state index in [9.17, 15) is 0 Å². The molecule has 2 rings (SSSR count). The first-order valence-corrected chi connectivity index (χ1v) is 6.18. The molecule has 16 heavy (non-hydrogen) atoms. The molecule has 0 saturated heterocycles. The Labute approximate surface area is 99.1 Å². The zero-order valence-corrected chi connectivity index (χ0v) is 10.6. The Morgan fingerprint density at radius 1 is 1.50 bits per heavy atom. The molecule has 0 aliphatic carbocycles. The highest BCUT2D eigenvalue weighted by Crippen LogP contribution is 2.20. The van der Waals surface area contributed by atoms with Gasteiger partial charge < -0.3 is 5.73 Å². The van der Waals surface area contributed by atoms with Gasteiger partial charge in [0.05, 0.1) is 5.69 Å². The second-order valence-electron chi connectivity index (χ2n) is 4.06. The molecule has 2 heterocycles. The van der Waals surface area contributed by atoms with Crippen LogP contribution in [0.25, 0.3) is 5.13 Å². The minimum atomic E-state index is 0.159. The number of hydrogen-bond donors (Lipinski definition) is 1. The second-order valence-corrected chi connectivity index (χ2v) is 4.93. The number of thiazole rings is 1. The van der Waals surface area contributed by atoms with Crippen LogP contribution in [0, 0.1) is 13.8 Å². The van der Waals surface area contributed by atoms with Crippen molar-refractivity contribution in [2.24, 2.45) is 5.73 Å². The van der Waals surface area contributed by atoms with Crippen LogP contribution in [0.3, 0.4) is 0 Å². The van der Waals surface area contributed by atoms with Gasteiger partial charge in [0.15, 0.2) is 0 Å². The standard InChI is InChI=1S/C11H16N4S/c1-7(12)6-10-8(2)14-15(9(10)3)11-13-4-5-16-11/h4-5,7H,6,12H2,1-3H3. The Hall–Kier alpha value is -1.20. The van der Waals surface area contributed by atoms with Gasteiger partial charge in [0.2, 0.25) is 5.13 Å². The molecule has 0 aliphatic heterocycles. The van der Waals surface area contributed by atoms with Crippen molar-refractivity contribution in [3.63, 3.8) is 0 Å². The highest BCUT2D eigenvalue weighted by molar-refractivity contribution is 7.12. The average Bonchev–Trinajstić information content (AvgIpc) is 2.80. The fourth-order valence-electron chi connectivity index (χ4n) is 1.80. The van der Waals surface area contributed by atoms with Crippen LogP contribution in [0.2, 0.25) is 0 Å². The monoisotopic (exact) mass is 236 g/mol. The summed E-state index contributed by atoms with van der Waals surface area (Å²) in [4.78, 5) is 4.27. The molecular formula is C11H16N4S. The van der Waals surface area contributed by atoms with E-state index in [4.69, 9.17) is 5.73 Å². The van der Waals surface area contributed by atoms with Gasteiger partial charge in [-0.3, -0.25) is 0 Å². The molecule has 2 N–H and O–H groups in total. The van der Waals surface area contributed by atoms with E-state index in [1.54, 1.807) is 17.5 Å². The van der Waals surface area contributed by atoms with Gasteiger partial charge in [0.1, 0.15) is 0 Å². The summed E-state index contributed by atoms with van der Waals surface area (Å²) in [7, 11) is 0. The normalized spacial score (nSPS) is 13.0. The van der Waals surface area contributed by atoms with E-state index >= 15 is 0 Å². The maximum absolute atomic E-state index is 5.84. The third-order valence-corrected chi connectivity index (χ3v) is 3.31. The third kappa shape index (κ3) is 2.01. The van der Waals surface area contributed by atoms with Crippen LogP contribution in [0.5, 0.6) is 0 Å². The SMILES string of the molecule is Cc1nn(-c2nccs2)c(C)c1CC(C)N. The molecule has 4 nitrogen and oxygen atoms in total. The predicted octanol–water partition coefficient (Wildman–Crippen LogP) is 1.84. The van der Waals surface area contributed by atoms with Gasteiger partial charge in [-0.25, -0.2) is 9.67 Å². The summed E-state index contributed by atoms with van der Waals surface area (Å²) < 4.78 is 1.90. The fraction of sp³-hybridized carbons (Fsp3) is 0.455. The first-order chi connectivity index (χ1) is 7.59. The maximum atomic E-state index is 5.84. The summed E-state index contributed by atoms with van der Waals surface area (Å²) in [6.07, 6.45) is 2.66. The van der Waals surface area contributed by atoms with Crippen molar-refractivity contribution in [1.29, 1.82) is 0 Å². The fourth-order valence-corrected chi connectivity index (χ4v) is 2.44. The smallest absolute Gasteiger partial charge is 0.210 e. The lowest BCUT2D eigenvalue weighted by molar-refractivity contribution is 0.730. The lowest BCUT2D eigenvalue weighted by Gasteiger charge is -2.05. The average molecular weight is 236 g/mol. The number of hydrogen-bond acceptors (Lipinski definition) is 4. The Bertz CT molecular complexity index is 470. The van der Waals surface area contributed by atoms with Gasteiger partial charge in [0, 0.05) is 23.3 Å². The van der Waals surface area contributed by atoms with Crippen molar-refractivity contribution in [2.75, 3.05) is 0 Å².